The third-order valence-electron chi connectivity index (χ3n) is 3.72. The molecule has 2 nitrogen and oxygen atoms in total. The summed E-state index contributed by atoms with van der Waals surface area (Å²) in [4.78, 5) is 0. The van der Waals surface area contributed by atoms with Crippen LogP contribution in [-0.4, -0.2) is 0 Å². The van der Waals surface area contributed by atoms with Crippen molar-refractivity contribution < 1.29 is 9.13 Å². The molecular formula is C20H15BrCl2FNO. The van der Waals surface area contributed by atoms with E-state index in [0.29, 0.717) is 23.9 Å². The number of hydrogen-bond donors (Lipinski definition) is 1. The van der Waals surface area contributed by atoms with E-state index in [9.17, 15) is 4.39 Å². The summed E-state index contributed by atoms with van der Waals surface area (Å²) in [5, 5.41) is 3.81. The van der Waals surface area contributed by atoms with Crippen LogP contribution in [0.5, 0.6) is 5.75 Å². The van der Waals surface area contributed by atoms with Gasteiger partial charge in [-0.25, -0.2) is 4.39 Å². The maximum atomic E-state index is 13.2. The van der Waals surface area contributed by atoms with E-state index in [2.05, 4.69) is 21.2 Å². The molecule has 0 bridgehead atoms. The van der Waals surface area contributed by atoms with Crippen LogP contribution in [0.1, 0.15) is 11.1 Å². The number of halogens is 4. The Balaban J connectivity index is 1.59. The molecule has 3 aromatic carbocycles. The molecular weight excluding hydrogens is 440 g/mol. The first-order valence-corrected chi connectivity index (χ1v) is 9.41. The van der Waals surface area contributed by atoms with Gasteiger partial charge in [-0.15, -0.1) is 0 Å². The van der Waals surface area contributed by atoms with Gasteiger partial charge in [-0.3, -0.25) is 0 Å². The van der Waals surface area contributed by atoms with Crippen LogP contribution in [0.25, 0.3) is 0 Å². The molecule has 0 heterocycles. The first kappa shape index (κ1) is 19.0. The summed E-state index contributed by atoms with van der Waals surface area (Å²) >= 11 is 15.5. The molecule has 26 heavy (non-hydrogen) atoms. The Morgan fingerprint density at radius 1 is 0.885 bits per heavy atom. The number of hydrogen-bond acceptors (Lipinski definition) is 2. The summed E-state index contributed by atoms with van der Waals surface area (Å²) in [6.45, 7) is 0.980. The monoisotopic (exact) mass is 453 g/mol. The minimum absolute atomic E-state index is 0.0877. The topological polar surface area (TPSA) is 21.3 Å². The molecule has 0 saturated heterocycles. The largest absolute Gasteiger partial charge is 0.487 e. The lowest BCUT2D eigenvalue weighted by Gasteiger charge is -2.11. The van der Waals surface area contributed by atoms with Crippen molar-refractivity contribution in [3.05, 3.63) is 92.1 Å². The minimum Gasteiger partial charge on any atom is -0.487 e. The molecule has 0 unspecified atom stereocenters. The van der Waals surface area contributed by atoms with Gasteiger partial charge in [-0.05, 0) is 53.6 Å². The average Bonchev–Trinajstić information content (AvgIpc) is 2.63. The Morgan fingerprint density at radius 3 is 2.31 bits per heavy atom. The van der Waals surface area contributed by atoms with Crippen molar-refractivity contribution in [3.8, 4) is 5.75 Å². The van der Waals surface area contributed by atoms with Crippen LogP contribution in [0, 0.1) is 5.82 Å². The molecule has 134 valence electrons. The molecule has 0 aliphatic heterocycles. The van der Waals surface area contributed by atoms with Crippen LogP contribution in [0.15, 0.2) is 65.1 Å². The number of anilines is 1. The fourth-order valence-electron chi connectivity index (χ4n) is 2.32. The Hall–Kier alpha value is -1.75. The first-order chi connectivity index (χ1) is 12.5. The molecule has 0 saturated carbocycles. The van der Waals surface area contributed by atoms with E-state index in [0.717, 1.165) is 21.3 Å². The zero-order chi connectivity index (χ0) is 18.5. The van der Waals surface area contributed by atoms with E-state index in [-0.39, 0.29) is 5.02 Å². The van der Waals surface area contributed by atoms with Gasteiger partial charge < -0.3 is 10.1 Å². The predicted octanol–water partition coefficient (Wildman–Crippen LogP) is 7.09. The number of nitrogens with one attached hydrogen (secondary N) is 1. The standard InChI is InChI=1S/C20H15BrCl2FNO/c21-15-4-1-13(2-5-15)12-26-20-8-3-14(9-18(20)23)11-25-16-6-7-19(24)17(22)10-16/h1-10,25H,11-12H2. The summed E-state index contributed by atoms with van der Waals surface area (Å²) in [5.41, 5.74) is 2.78. The van der Waals surface area contributed by atoms with Gasteiger partial charge in [-0.2, -0.15) is 0 Å². The first-order valence-electron chi connectivity index (χ1n) is 7.86. The lowest BCUT2D eigenvalue weighted by atomic mass is 10.2. The molecule has 0 radical (unpaired) electrons. The van der Waals surface area contributed by atoms with Crippen molar-refractivity contribution in [1.82, 2.24) is 0 Å². The molecule has 0 aromatic heterocycles. The number of rotatable bonds is 6. The van der Waals surface area contributed by atoms with E-state index < -0.39 is 5.82 Å². The smallest absolute Gasteiger partial charge is 0.141 e. The van der Waals surface area contributed by atoms with Crippen LogP contribution >= 0.6 is 39.1 Å². The van der Waals surface area contributed by atoms with Gasteiger partial charge in [0, 0.05) is 16.7 Å². The molecule has 0 amide bonds. The molecule has 0 aliphatic carbocycles. The highest BCUT2D eigenvalue weighted by molar-refractivity contribution is 9.10. The van der Waals surface area contributed by atoms with Crippen molar-refractivity contribution in [2.24, 2.45) is 0 Å². The van der Waals surface area contributed by atoms with Gasteiger partial charge in [0.05, 0.1) is 10.0 Å². The van der Waals surface area contributed by atoms with E-state index in [1.54, 1.807) is 12.1 Å². The molecule has 0 spiro atoms. The van der Waals surface area contributed by atoms with Crippen molar-refractivity contribution in [3.63, 3.8) is 0 Å². The zero-order valence-electron chi connectivity index (χ0n) is 13.6. The number of ether oxygens (including phenoxy) is 1. The van der Waals surface area contributed by atoms with Gasteiger partial charge in [0.1, 0.15) is 18.2 Å². The maximum Gasteiger partial charge on any atom is 0.141 e. The molecule has 3 rings (SSSR count). The quantitative estimate of drug-likeness (QED) is 0.429. The van der Waals surface area contributed by atoms with Gasteiger partial charge in [0.2, 0.25) is 0 Å². The summed E-state index contributed by atoms with van der Waals surface area (Å²) in [5.74, 6) is 0.190. The molecule has 1 N–H and O–H groups in total. The number of benzene rings is 3. The van der Waals surface area contributed by atoms with Crippen LogP contribution in [-0.2, 0) is 13.2 Å². The molecule has 3 aromatic rings. The van der Waals surface area contributed by atoms with Gasteiger partial charge >= 0.3 is 0 Å². The second-order valence-electron chi connectivity index (χ2n) is 5.66. The van der Waals surface area contributed by atoms with Gasteiger partial charge in [-0.1, -0.05) is 57.3 Å². The fourth-order valence-corrected chi connectivity index (χ4v) is 3.03. The Kier molecular flexibility index (Phi) is 6.41. The Labute approximate surface area is 170 Å². The van der Waals surface area contributed by atoms with Crippen LogP contribution < -0.4 is 10.1 Å². The third kappa shape index (κ3) is 5.13. The van der Waals surface area contributed by atoms with E-state index in [1.807, 2.05) is 42.5 Å². The molecule has 0 atom stereocenters. The lowest BCUT2D eigenvalue weighted by Crippen LogP contribution is -2.01. The van der Waals surface area contributed by atoms with Gasteiger partial charge in [0.15, 0.2) is 0 Å². The molecule has 6 heteroatoms. The van der Waals surface area contributed by atoms with E-state index in [4.69, 9.17) is 27.9 Å². The van der Waals surface area contributed by atoms with Gasteiger partial charge in [0.25, 0.3) is 0 Å². The summed E-state index contributed by atoms with van der Waals surface area (Å²) in [6, 6.07) is 18.1. The van der Waals surface area contributed by atoms with E-state index >= 15 is 0 Å². The fraction of sp³-hybridized carbons (Fsp3) is 0.100. The van der Waals surface area contributed by atoms with Crippen molar-refractivity contribution in [1.29, 1.82) is 0 Å². The van der Waals surface area contributed by atoms with Crippen molar-refractivity contribution in [2.75, 3.05) is 5.32 Å². The van der Waals surface area contributed by atoms with Crippen LogP contribution in [0.4, 0.5) is 10.1 Å². The third-order valence-corrected chi connectivity index (χ3v) is 4.83. The summed E-state index contributed by atoms with van der Waals surface area (Å²) in [6.07, 6.45) is 0. The highest BCUT2D eigenvalue weighted by Crippen LogP contribution is 2.27. The maximum absolute atomic E-state index is 13.2. The second-order valence-corrected chi connectivity index (χ2v) is 7.39. The Bertz CT molecular complexity index is 903. The summed E-state index contributed by atoms with van der Waals surface area (Å²) < 4.78 is 20.0. The van der Waals surface area contributed by atoms with Crippen LogP contribution in [0.3, 0.4) is 0 Å². The SMILES string of the molecule is Fc1ccc(NCc2ccc(OCc3ccc(Br)cc3)c(Cl)c2)cc1Cl. The highest BCUT2D eigenvalue weighted by atomic mass is 79.9. The zero-order valence-corrected chi connectivity index (χ0v) is 16.7. The minimum atomic E-state index is -0.437. The highest BCUT2D eigenvalue weighted by Gasteiger charge is 2.05. The Morgan fingerprint density at radius 2 is 1.62 bits per heavy atom. The van der Waals surface area contributed by atoms with E-state index in [1.165, 1.54) is 6.07 Å². The van der Waals surface area contributed by atoms with Crippen molar-refractivity contribution >= 4 is 44.8 Å². The molecule has 0 fully saturated rings. The predicted molar refractivity (Wildman–Crippen MR) is 109 cm³/mol. The van der Waals surface area contributed by atoms with Crippen LogP contribution in [0.2, 0.25) is 10.0 Å². The lowest BCUT2D eigenvalue weighted by molar-refractivity contribution is 0.306. The van der Waals surface area contributed by atoms with Crippen molar-refractivity contribution in [2.45, 2.75) is 13.2 Å². The normalized spacial score (nSPS) is 10.6. The second kappa shape index (κ2) is 8.76. The average molecular weight is 455 g/mol. The summed E-state index contributed by atoms with van der Waals surface area (Å²) in [7, 11) is 0. The molecule has 0 aliphatic rings.